The molecule has 0 aliphatic carbocycles. The van der Waals surface area contributed by atoms with Crippen LogP contribution in [0.1, 0.15) is 36.0 Å². The highest BCUT2D eigenvalue weighted by atomic mass is 16.6. The number of carbonyl (C=O) groups excluding carboxylic acids is 4. The number of nitrogens with one attached hydrogen (secondary N) is 2. The summed E-state index contributed by atoms with van der Waals surface area (Å²) in [4.78, 5) is 52.8. The molecular weight excluding hydrogens is 572 g/mol. The molecule has 0 radical (unpaired) electrons. The summed E-state index contributed by atoms with van der Waals surface area (Å²) in [6.45, 7) is -0.689. The van der Waals surface area contributed by atoms with Crippen molar-refractivity contribution in [2.24, 2.45) is 11.8 Å². The summed E-state index contributed by atoms with van der Waals surface area (Å²) in [5.41, 5.74) is 2.69. The van der Waals surface area contributed by atoms with Gasteiger partial charge >= 0.3 is 11.9 Å². The third kappa shape index (κ3) is 11.0. The minimum absolute atomic E-state index is 0.0187. The van der Waals surface area contributed by atoms with Crippen molar-refractivity contribution in [1.29, 1.82) is 0 Å². The molecule has 45 heavy (non-hydrogen) atoms. The summed E-state index contributed by atoms with van der Waals surface area (Å²) in [5.74, 6) is -3.50. The van der Waals surface area contributed by atoms with Crippen LogP contribution < -0.4 is 10.6 Å². The molecule has 0 fully saturated rings. The zero-order valence-electron chi connectivity index (χ0n) is 25.2. The van der Waals surface area contributed by atoms with E-state index in [1.165, 1.54) is 0 Å². The third-order valence-electron chi connectivity index (χ3n) is 7.60. The van der Waals surface area contributed by atoms with E-state index in [1.807, 2.05) is 84.9 Å². The fraction of sp³-hybridized carbons (Fsp3) is 0.333. The van der Waals surface area contributed by atoms with Gasteiger partial charge in [-0.25, -0.2) is 4.79 Å². The lowest BCUT2D eigenvalue weighted by Crippen LogP contribution is -2.49. The number of amides is 2. The van der Waals surface area contributed by atoms with Gasteiger partial charge in [0.15, 0.2) is 6.04 Å². The molecule has 0 saturated heterocycles. The highest BCUT2D eigenvalue weighted by Gasteiger charge is 2.31. The van der Waals surface area contributed by atoms with E-state index in [9.17, 15) is 24.3 Å². The van der Waals surface area contributed by atoms with E-state index in [4.69, 9.17) is 9.47 Å². The van der Waals surface area contributed by atoms with Crippen molar-refractivity contribution in [3.05, 3.63) is 120 Å². The van der Waals surface area contributed by atoms with Crippen LogP contribution in [0.3, 0.4) is 0 Å². The highest BCUT2D eigenvalue weighted by Crippen LogP contribution is 2.19. The number of hydrogen-bond donors (Lipinski definition) is 3. The Morgan fingerprint density at radius 3 is 2.04 bits per heavy atom. The Bertz CT molecular complexity index is 1410. The highest BCUT2D eigenvalue weighted by molar-refractivity contribution is 5.89. The second-order valence-corrected chi connectivity index (χ2v) is 11.2. The number of cyclic esters (lactones) is 1. The molecule has 3 aromatic carbocycles. The summed E-state index contributed by atoms with van der Waals surface area (Å²) in [6.07, 6.45) is 4.88. The van der Waals surface area contributed by atoms with Gasteiger partial charge in [0, 0.05) is 6.42 Å². The average Bonchev–Trinajstić information content (AvgIpc) is 3.06. The average molecular weight is 613 g/mol. The molecule has 0 spiro atoms. The summed E-state index contributed by atoms with van der Waals surface area (Å²) in [5, 5.41) is 15.4. The van der Waals surface area contributed by atoms with Crippen LogP contribution in [-0.2, 0) is 48.1 Å². The van der Waals surface area contributed by atoms with E-state index in [2.05, 4.69) is 10.6 Å². The number of rotatable bonds is 11. The molecule has 4 rings (SSSR count). The Kier molecular flexibility index (Phi) is 12.9. The zero-order chi connectivity index (χ0) is 31.9. The standard InChI is InChI=1S/C36H40N2O7/c39-23-31(21-27-14-6-2-7-15-27)37-33(40)22-29-18-10-11-19-30(20-26-12-4-1-5-13-26)35(42)45-25-32(38-34(29)41)36(43)44-24-28-16-8-3-9-17-28/h1-17,29-32,39H,18-25H2,(H,37,40)(H,38,41)/t29-,30+,31-,32-/m1/s1. The van der Waals surface area contributed by atoms with Crippen molar-refractivity contribution in [2.45, 2.75) is 50.8 Å². The van der Waals surface area contributed by atoms with Crippen LogP contribution >= 0.6 is 0 Å². The maximum Gasteiger partial charge on any atom is 0.332 e. The molecule has 3 aromatic rings. The van der Waals surface area contributed by atoms with Gasteiger partial charge in [0.2, 0.25) is 11.8 Å². The minimum Gasteiger partial charge on any atom is -0.463 e. The second kappa shape index (κ2) is 17.5. The van der Waals surface area contributed by atoms with Gasteiger partial charge in [0.25, 0.3) is 0 Å². The SMILES string of the molecule is O=C(C[C@H]1CC=CC[C@@H](Cc2ccccc2)C(=O)OC[C@H](C(=O)OCc2ccccc2)NC1=O)N[C@@H](CO)Cc1ccccc1. The lowest BCUT2D eigenvalue weighted by molar-refractivity contribution is -0.157. The van der Waals surface area contributed by atoms with Gasteiger partial charge in [-0.3, -0.25) is 14.4 Å². The number of aliphatic hydroxyl groups excluding tert-OH is 1. The van der Waals surface area contributed by atoms with Gasteiger partial charge in [-0.15, -0.1) is 0 Å². The molecule has 2 amide bonds. The quantitative estimate of drug-likeness (QED) is 0.222. The van der Waals surface area contributed by atoms with Gasteiger partial charge in [0.05, 0.1) is 24.5 Å². The van der Waals surface area contributed by atoms with Crippen LogP contribution in [0.2, 0.25) is 0 Å². The molecule has 4 atom stereocenters. The van der Waals surface area contributed by atoms with Gasteiger partial charge in [-0.2, -0.15) is 0 Å². The third-order valence-corrected chi connectivity index (χ3v) is 7.60. The summed E-state index contributed by atoms with van der Waals surface area (Å²) < 4.78 is 11.1. The molecule has 1 heterocycles. The first kappa shape index (κ1) is 33.1. The largest absolute Gasteiger partial charge is 0.463 e. The molecule has 9 heteroatoms. The Morgan fingerprint density at radius 1 is 0.844 bits per heavy atom. The Morgan fingerprint density at radius 2 is 1.42 bits per heavy atom. The molecule has 9 nitrogen and oxygen atoms in total. The van der Waals surface area contributed by atoms with E-state index >= 15 is 0 Å². The van der Waals surface area contributed by atoms with Crippen LogP contribution in [0.4, 0.5) is 0 Å². The van der Waals surface area contributed by atoms with Crippen molar-refractivity contribution < 1.29 is 33.8 Å². The summed E-state index contributed by atoms with van der Waals surface area (Å²) in [7, 11) is 0. The number of ether oxygens (including phenoxy) is 2. The number of allylic oxidation sites excluding steroid dienone is 2. The van der Waals surface area contributed by atoms with Gasteiger partial charge in [0.1, 0.15) is 13.2 Å². The van der Waals surface area contributed by atoms with E-state index in [0.29, 0.717) is 19.3 Å². The van der Waals surface area contributed by atoms with Gasteiger partial charge in [-0.1, -0.05) is 103 Å². The number of esters is 2. The molecule has 1 aliphatic rings. The first-order chi connectivity index (χ1) is 21.9. The van der Waals surface area contributed by atoms with Crippen LogP contribution in [0.5, 0.6) is 0 Å². The van der Waals surface area contributed by atoms with Crippen LogP contribution in [0.15, 0.2) is 103 Å². The maximum absolute atomic E-state index is 13.5. The van der Waals surface area contributed by atoms with Crippen molar-refractivity contribution in [3.63, 3.8) is 0 Å². The van der Waals surface area contributed by atoms with Crippen LogP contribution in [0, 0.1) is 11.8 Å². The first-order valence-electron chi connectivity index (χ1n) is 15.2. The number of aliphatic hydroxyl groups is 1. The molecule has 1 aliphatic heterocycles. The first-order valence-corrected chi connectivity index (χ1v) is 15.2. The van der Waals surface area contributed by atoms with Crippen LogP contribution in [0.25, 0.3) is 0 Å². The van der Waals surface area contributed by atoms with E-state index in [0.717, 1.165) is 16.7 Å². The van der Waals surface area contributed by atoms with Crippen molar-refractivity contribution in [2.75, 3.05) is 13.2 Å². The van der Waals surface area contributed by atoms with Crippen molar-refractivity contribution in [1.82, 2.24) is 10.6 Å². The van der Waals surface area contributed by atoms with Crippen LogP contribution in [-0.4, -0.2) is 54.2 Å². The maximum atomic E-state index is 13.5. The topological polar surface area (TPSA) is 131 Å². The molecule has 0 aromatic heterocycles. The number of carbonyl (C=O) groups is 4. The lowest BCUT2D eigenvalue weighted by Gasteiger charge is -2.24. The molecule has 236 valence electrons. The minimum atomic E-state index is -1.26. The zero-order valence-corrected chi connectivity index (χ0v) is 25.2. The summed E-state index contributed by atoms with van der Waals surface area (Å²) in [6, 6.07) is 26.4. The molecule has 0 bridgehead atoms. The van der Waals surface area contributed by atoms with E-state index < -0.39 is 54.3 Å². The Hall–Kier alpha value is -4.76. The fourth-order valence-electron chi connectivity index (χ4n) is 5.11. The normalized spacial score (nSPS) is 19.6. The van der Waals surface area contributed by atoms with E-state index in [-0.39, 0.29) is 26.1 Å². The Labute approximate surface area is 263 Å². The number of hydrogen-bond acceptors (Lipinski definition) is 7. The predicted molar refractivity (Wildman–Crippen MR) is 168 cm³/mol. The second-order valence-electron chi connectivity index (χ2n) is 11.2. The van der Waals surface area contributed by atoms with Gasteiger partial charge in [-0.05, 0) is 42.4 Å². The Balaban J connectivity index is 1.48. The van der Waals surface area contributed by atoms with Crippen molar-refractivity contribution in [3.8, 4) is 0 Å². The molecule has 0 unspecified atom stereocenters. The molecule has 3 N–H and O–H groups in total. The predicted octanol–water partition coefficient (Wildman–Crippen LogP) is 3.69. The molecule has 0 saturated carbocycles. The fourth-order valence-corrected chi connectivity index (χ4v) is 5.11. The molecular formula is C36H40N2O7. The number of benzene rings is 3. The monoisotopic (exact) mass is 612 g/mol. The van der Waals surface area contributed by atoms with Crippen molar-refractivity contribution >= 4 is 23.8 Å². The van der Waals surface area contributed by atoms with E-state index in [1.54, 1.807) is 18.2 Å². The lowest BCUT2D eigenvalue weighted by atomic mass is 9.94. The smallest absolute Gasteiger partial charge is 0.332 e. The summed E-state index contributed by atoms with van der Waals surface area (Å²) >= 11 is 0. The van der Waals surface area contributed by atoms with Gasteiger partial charge < -0.3 is 25.2 Å².